The number of nitrogens with zero attached hydrogens (tertiary/aromatic N) is 2. The van der Waals surface area contributed by atoms with E-state index in [-0.39, 0.29) is 18.6 Å². The molecule has 1 aliphatic rings. The van der Waals surface area contributed by atoms with Gasteiger partial charge in [0.05, 0.1) is 5.92 Å². The van der Waals surface area contributed by atoms with Crippen LogP contribution < -0.4 is 0 Å². The molecule has 0 saturated carbocycles. The average molecular weight is 242 g/mol. The van der Waals surface area contributed by atoms with Gasteiger partial charge in [0.2, 0.25) is 0 Å². The Morgan fingerprint density at radius 3 is 2.59 bits per heavy atom. The van der Waals surface area contributed by atoms with E-state index >= 15 is 0 Å². The molecular weight excluding hydrogens is 220 g/mol. The molecule has 0 aromatic carbocycles. The molecule has 1 rings (SSSR count). The minimum atomic E-state index is -0.856. The molecule has 1 fully saturated rings. The van der Waals surface area contributed by atoms with E-state index in [2.05, 4.69) is 0 Å². The fourth-order valence-corrected chi connectivity index (χ4v) is 2.15. The summed E-state index contributed by atoms with van der Waals surface area (Å²) < 4.78 is 0. The highest BCUT2D eigenvalue weighted by atomic mass is 16.4. The lowest BCUT2D eigenvalue weighted by Crippen LogP contribution is -2.46. The van der Waals surface area contributed by atoms with Crippen LogP contribution in [-0.2, 0) is 4.79 Å². The normalized spacial score (nSPS) is 21.4. The number of amides is 2. The van der Waals surface area contributed by atoms with Crippen LogP contribution in [0.4, 0.5) is 4.79 Å². The lowest BCUT2D eigenvalue weighted by Gasteiger charge is -2.30. The maximum Gasteiger partial charge on any atom is 0.320 e. The third-order valence-corrected chi connectivity index (χ3v) is 3.37. The van der Waals surface area contributed by atoms with Crippen LogP contribution >= 0.6 is 0 Å². The summed E-state index contributed by atoms with van der Waals surface area (Å²) in [5, 5.41) is 8.87. The van der Waals surface area contributed by atoms with Crippen LogP contribution in [-0.4, -0.2) is 52.6 Å². The standard InChI is InChI=1S/C12H22N2O3/c1-4-13(8-9(2)11(15)16)12(17)14-7-5-6-10(14)3/h9-10H,4-8H2,1-3H3,(H,15,16). The Morgan fingerprint density at radius 2 is 2.18 bits per heavy atom. The summed E-state index contributed by atoms with van der Waals surface area (Å²) in [5.74, 6) is -1.37. The Kier molecular flexibility index (Phi) is 4.78. The maximum absolute atomic E-state index is 12.2. The second-order valence-electron chi connectivity index (χ2n) is 4.75. The Labute approximate surface area is 102 Å². The fraction of sp³-hybridized carbons (Fsp3) is 0.833. The average Bonchev–Trinajstić information content (AvgIpc) is 2.70. The van der Waals surface area contributed by atoms with E-state index in [1.807, 2.05) is 18.7 Å². The van der Waals surface area contributed by atoms with Crippen LogP contribution in [0.1, 0.15) is 33.6 Å². The lowest BCUT2D eigenvalue weighted by molar-refractivity contribution is -0.141. The van der Waals surface area contributed by atoms with Crippen LogP contribution in [0.25, 0.3) is 0 Å². The van der Waals surface area contributed by atoms with Crippen LogP contribution in [0.15, 0.2) is 0 Å². The van der Waals surface area contributed by atoms with Gasteiger partial charge in [0.15, 0.2) is 0 Å². The van der Waals surface area contributed by atoms with Gasteiger partial charge in [-0.3, -0.25) is 4.79 Å². The van der Waals surface area contributed by atoms with Crippen LogP contribution in [0.5, 0.6) is 0 Å². The third kappa shape index (κ3) is 3.35. The van der Waals surface area contributed by atoms with Gasteiger partial charge < -0.3 is 14.9 Å². The smallest absolute Gasteiger partial charge is 0.320 e. The summed E-state index contributed by atoms with van der Waals surface area (Å²) in [5.41, 5.74) is 0. The molecule has 98 valence electrons. The molecular formula is C12H22N2O3. The molecule has 1 heterocycles. The quantitative estimate of drug-likeness (QED) is 0.815. The zero-order chi connectivity index (χ0) is 13.0. The van der Waals surface area contributed by atoms with E-state index in [9.17, 15) is 9.59 Å². The summed E-state index contributed by atoms with van der Waals surface area (Å²) >= 11 is 0. The second kappa shape index (κ2) is 5.89. The highest BCUT2D eigenvalue weighted by Crippen LogP contribution is 2.18. The van der Waals surface area contributed by atoms with Gasteiger partial charge in [0, 0.05) is 25.7 Å². The molecule has 0 spiro atoms. The van der Waals surface area contributed by atoms with Crippen molar-refractivity contribution in [1.29, 1.82) is 0 Å². The SMILES string of the molecule is CCN(CC(C)C(=O)O)C(=O)N1CCCC1C. The van der Waals surface area contributed by atoms with Gasteiger partial charge in [0.1, 0.15) is 0 Å². The molecule has 0 radical (unpaired) electrons. The molecule has 5 heteroatoms. The molecule has 1 N–H and O–H groups in total. The van der Waals surface area contributed by atoms with E-state index in [4.69, 9.17) is 5.11 Å². The Hall–Kier alpha value is -1.26. The molecule has 0 aromatic heterocycles. The molecule has 2 amide bonds. The van der Waals surface area contributed by atoms with Gasteiger partial charge in [-0.1, -0.05) is 6.92 Å². The number of rotatable bonds is 4. The topological polar surface area (TPSA) is 60.9 Å². The van der Waals surface area contributed by atoms with Crippen molar-refractivity contribution in [3.05, 3.63) is 0 Å². The number of hydrogen-bond donors (Lipinski definition) is 1. The van der Waals surface area contributed by atoms with Crippen molar-refractivity contribution < 1.29 is 14.7 Å². The first-order valence-electron chi connectivity index (χ1n) is 6.25. The molecule has 2 atom stereocenters. The number of hydrogen-bond acceptors (Lipinski definition) is 2. The van der Waals surface area contributed by atoms with Gasteiger partial charge >= 0.3 is 12.0 Å². The molecule has 17 heavy (non-hydrogen) atoms. The van der Waals surface area contributed by atoms with Crippen molar-refractivity contribution >= 4 is 12.0 Å². The van der Waals surface area contributed by atoms with Gasteiger partial charge in [-0.2, -0.15) is 0 Å². The number of likely N-dealkylation sites (tertiary alicyclic amines) is 1. The summed E-state index contributed by atoms with van der Waals surface area (Å²) in [4.78, 5) is 26.5. The summed E-state index contributed by atoms with van der Waals surface area (Å²) in [6, 6.07) is 0.252. The summed E-state index contributed by atoms with van der Waals surface area (Å²) in [6.45, 7) is 7.18. The van der Waals surface area contributed by atoms with E-state index < -0.39 is 11.9 Å². The van der Waals surface area contributed by atoms with E-state index in [0.717, 1.165) is 19.4 Å². The van der Waals surface area contributed by atoms with Gasteiger partial charge in [-0.05, 0) is 26.7 Å². The predicted octanol–water partition coefficient (Wildman–Crippen LogP) is 1.63. The molecule has 1 aliphatic heterocycles. The predicted molar refractivity (Wildman–Crippen MR) is 64.8 cm³/mol. The minimum absolute atomic E-state index is 0.0226. The Morgan fingerprint density at radius 1 is 1.53 bits per heavy atom. The number of carbonyl (C=O) groups excluding carboxylic acids is 1. The van der Waals surface area contributed by atoms with Crippen molar-refractivity contribution in [2.45, 2.75) is 39.7 Å². The van der Waals surface area contributed by atoms with Crippen LogP contribution in [0, 0.1) is 5.92 Å². The zero-order valence-electron chi connectivity index (χ0n) is 10.8. The molecule has 0 aromatic rings. The number of carbonyl (C=O) groups is 2. The monoisotopic (exact) mass is 242 g/mol. The van der Waals surface area contributed by atoms with Crippen molar-refractivity contribution in [2.75, 3.05) is 19.6 Å². The second-order valence-corrected chi connectivity index (χ2v) is 4.75. The lowest BCUT2D eigenvalue weighted by atomic mass is 10.2. The third-order valence-electron chi connectivity index (χ3n) is 3.37. The highest BCUT2D eigenvalue weighted by Gasteiger charge is 2.29. The number of aliphatic carboxylic acids is 1. The molecule has 2 unspecified atom stereocenters. The van der Waals surface area contributed by atoms with Gasteiger partial charge in [0.25, 0.3) is 0 Å². The van der Waals surface area contributed by atoms with E-state index in [1.165, 1.54) is 0 Å². The molecule has 0 aliphatic carbocycles. The van der Waals surface area contributed by atoms with Gasteiger partial charge in [-0.25, -0.2) is 4.79 Å². The fourth-order valence-electron chi connectivity index (χ4n) is 2.15. The van der Waals surface area contributed by atoms with Crippen molar-refractivity contribution in [1.82, 2.24) is 9.80 Å². The summed E-state index contributed by atoms with van der Waals surface area (Å²) in [7, 11) is 0. The number of carboxylic acids is 1. The minimum Gasteiger partial charge on any atom is -0.481 e. The first-order valence-corrected chi connectivity index (χ1v) is 6.25. The zero-order valence-corrected chi connectivity index (χ0v) is 10.8. The van der Waals surface area contributed by atoms with Crippen molar-refractivity contribution in [3.63, 3.8) is 0 Å². The first-order chi connectivity index (χ1) is 7.97. The molecule has 5 nitrogen and oxygen atoms in total. The van der Waals surface area contributed by atoms with Crippen LogP contribution in [0.3, 0.4) is 0 Å². The first kappa shape index (κ1) is 13.8. The molecule has 1 saturated heterocycles. The Bertz CT molecular complexity index is 293. The van der Waals surface area contributed by atoms with E-state index in [1.54, 1.807) is 11.8 Å². The number of carboxylic acid groups (broad SMARTS) is 1. The van der Waals surface area contributed by atoms with E-state index in [0.29, 0.717) is 6.54 Å². The maximum atomic E-state index is 12.2. The summed E-state index contributed by atoms with van der Waals surface area (Å²) in [6.07, 6.45) is 2.08. The number of urea groups is 1. The molecule has 0 bridgehead atoms. The Balaban J connectivity index is 2.60. The largest absolute Gasteiger partial charge is 0.481 e. The van der Waals surface area contributed by atoms with Crippen molar-refractivity contribution in [3.8, 4) is 0 Å². The van der Waals surface area contributed by atoms with Gasteiger partial charge in [-0.15, -0.1) is 0 Å². The van der Waals surface area contributed by atoms with Crippen LogP contribution in [0.2, 0.25) is 0 Å². The van der Waals surface area contributed by atoms with Crippen molar-refractivity contribution in [2.24, 2.45) is 5.92 Å². The highest BCUT2D eigenvalue weighted by molar-refractivity contribution is 5.76.